The Labute approximate surface area is 757 Å². The van der Waals surface area contributed by atoms with Crippen LogP contribution in [0.1, 0.15) is 187 Å². The van der Waals surface area contributed by atoms with Gasteiger partial charge in [-0.2, -0.15) is 0 Å². The third-order valence-electron chi connectivity index (χ3n) is 24.9. The highest BCUT2D eigenvalue weighted by molar-refractivity contribution is 6.02. The number of carboxylic acid groups (broad SMARTS) is 2. The number of nitrogens with one attached hydrogen (secondary N) is 9. The van der Waals surface area contributed by atoms with E-state index in [2.05, 4.69) is 47.5 Å². The van der Waals surface area contributed by atoms with Gasteiger partial charge >= 0.3 is 11.9 Å². The molecule has 9 rings (SSSR count). The minimum atomic E-state index is -1.79. The summed E-state index contributed by atoms with van der Waals surface area (Å²) in [4.78, 5) is 245. The zero-order valence-corrected chi connectivity index (χ0v) is 76.2. The van der Waals surface area contributed by atoms with E-state index in [0.717, 1.165) is 9.80 Å². The molecule has 37 nitrogen and oxygen atoms in total. The number of para-hydroxylation sites is 2. The highest BCUT2D eigenvalue weighted by atomic mass is 16.5. The number of rotatable bonds is 24. The number of aliphatic carboxylic acids is 2. The first-order valence-electron chi connectivity index (χ1n) is 45.7. The Balaban J connectivity index is 1.08. The van der Waals surface area contributed by atoms with Crippen LogP contribution in [0.4, 0.5) is 0 Å². The second-order valence-electron chi connectivity index (χ2n) is 35.6. The van der Waals surface area contributed by atoms with Gasteiger partial charge in [-0.25, -0.2) is 0 Å². The molecule has 4 fully saturated rings. The predicted molar refractivity (Wildman–Crippen MR) is 482 cm³/mol. The quantitative estimate of drug-likeness (QED) is 0.0422. The number of benzene rings is 3. The number of amides is 13. The number of ether oxygens (including phenoxy) is 1. The Morgan fingerprint density at radius 1 is 0.523 bits per heavy atom. The lowest BCUT2D eigenvalue weighted by Gasteiger charge is -2.38. The molecule has 4 aliphatic rings. The maximum Gasteiger partial charge on any atom is 0.323 e. The first-order chi connectivity index (χ1) is 62.1. The fraction of sp³-hybridized carbons (Fsp3) is 0.591. The van der Waals surface area contributed by atoms with Crippen LogP contribution in [0.15, 0.2) is 85.2 Å². The molecule has 0 radical (unpaired) electrons. The molecule has 0 saturated carbocycles. The van der Waals surface area contributed by atoms with Gasteiger partial charge in [-0.15, -0.1) is 0 Å². The lowest BCUT2D eigenvalue weighted by atomic mass is 9.90. The number of piperidine rings is 1. The number of unbranched alkanes of at least 4 members (excludes halogenated alkanes) is 2. The molecule has 3 aromatic carbocycles. The Kier molecular flexibility index (Phi) is 38.2. The summed E-state index contributed by atoms with van der Waals surface area (Å²) in [5, 5.41) is 55.4. The van der Waals surface area contributed by atoms with Crippen LogP contribution in [-0.4, -0.2) is 283 Å². The number of ketones is 1. The second-order valence-corrected chi connectivity index (χ2v) is 35.6. The maximum absolute atomic E-state index is 15.9. The molecule has 0 spiro atoms. The first-order valence-corrected chi connectivity index (χ1v) is 45.7. The summed E-state index contributed by atoms with van der Waals surface area (Å²) in [5.74, 6) is -14.8. The van der Waals surface area contributed by atoms with Crippen LogP contribution in [0.2, 0.25) is 0 Å². The van der Waals surface area contributed by atoms with E-state index in [4.69, 9.17) is 16.2 Å². The number of aliphatic hydroxyl groups is 1. The predicted octanol–water partition coefficient (Wildman–Crippen LogP) is 2.76. The normalized spacial score (nSPS) is 25.4. The topological polar surface area (TPSA) is 528 Å². The summed E-state index contributed by atoms with van der Waals surface area (Å²) >= 11 is 0. The fourth-order valence-corrected chi connectivity index (χ4v) is 18.0. The molecular formula is C93H133N17O20. The minimum Gasteiger partial charge on any atom is -0.497 e. The molecule has 6 heterocycles. The average Bonchev–Trinajstić information content (AvgIpc) is 1.65. The number of aliphatic hydroxyl groups excluding tert-OH is 1. The van der Waals surface area contributed by atoms with Gasteiger partial charge in [0.25, 0.3) is 0 Å². The number of carbonyl (C=O) groups excluding carboxylic acids is 14. The average molecular weight is 1810 g/mol. The van der Waals surface area contributed by atoms with Gasteiger partial charge < -0.3 is 108 Å². The van der Waals surface area contributed by atoms with E-state index >= 15 is 38.4 Å². The lowest BCUT2D eigenvalue weighted by Crippen LogP contribution is -2.61. The van der Waals surface area contributed by atoms with Crippen LogP contribution < -0.4 is 58.7 Å². The highest BCUT2D eigenvalue weighted by Gasteiger charge is 2.47. The summed E-state index contributed by atoms with van der Waals surface area (Å²) in [6, 6.07) is 3.95. The number of nitrogens with zero attached hydrogens (tertiary/aromatic N) is 6. The Morgan fingerprint density at radius 3 is 1.74 bits per heavy atom. The summed E-state index contributed by atoms with van der Waals surface area (Å²) in [6.45, 7) is 9.36. The molecule has 0 aliphatic carbocycles. The number of nitrogens with two attached hydrogens (primary N) is 2. The molecule has 0 unspecified atom stereocenters. The van der Waals surface area contributed by atoms with Crippen molar-refractivity contribution in [1.29, 1.82) is 0 Å². The van der Waals surface area contributed by atoms with Gasteiger partial charge in [-0.05, 0) is 143 Å². The van der Waals surface area contributed by atoms with Crippen molar-refractivity contribution in [1.82, 2.24) is 76.6 Å². The number of Topliss-reactive ketones (excluding diaryl/α,β-unsaturated/α-hetero) is 1. The van der Waals surface area contributed by atoms with Crippen molar-refractivity contribution in [3.63, 3.8) is 0 Å². The molecule has 5 aromatic rings. The molecule has 14 atom stereocenters. The van der Waals surface area contributed by atoms with Gasteiger partial charge in [-0.3, -0.25) is 76.7 Å². The van der Waals surface area contributed by atoms with Crippen LogP contribution in [0.25, 0.3) is 21.8 Å². The van der Waals surface area contributed by atoms with Crippen molar-refractivity contribution in [2.75, 3.05) is 60.5 Å². The van der Waals surface area contributed by atoms with Crippen LogP contribution in [0.3, 0.4) is 0 Å². The molecule has 13 amide bonds. The van der Waals surface area contributed by atoms with Gasteiger partial charge in [0.05, 0.1) is 25.7 Å². The van der Waals surface area contributed by atoms with Gasteiger partial charge in [0.2, 0.25) is 76.8 Å². The molecule has 37 heteroatoms. The van der Waals surface area contributed by atoms with E-state index in [1.807, 2.05) is 33.8 Å². The van der Waals surface area contributed by atoms with E-state index in [0.29, 0.717) is 82.8 Å². The van der Waals surface area contributed by atoms with E-state index in [9.17, 15) is 53.7 Å². The van der Waals surface area contributed by atoms with Crippen LogP contribution in [-0.2, 0) is 103 Å². The summed E-state index contributed by atoms with van der Waals surface area (Å²) in [6.07, 6.45) is 3.04. The minimum absolute atomic E-state index is 0.0126. The zero-order chi connectivity index (χ0) is 94.7. The fourth-order valence-electron chi connectivity index (χ4n) is 18.0. The van der Waals surface area contributed by atoms with Gasteiger partial charge in [-0.1, -0.05) is 116 Å². The SMILES string of the molecule is CCCC[C@H]1C(=O)N(C)[C@@H](CCCC)C(=O)N[C@@H](CC(C)C)C(=O)NCCCCC(=O)N[C@@H](Cc2ccc(OC)cc2)C(=O)N2CCCC[C@H]2C(=O)N[C@@H](CC(=O)O)C(=O)N2CCC[C@H]2C(=O)N[C@@H](CN)C(=O)N[C@@H](CC(C)C)C(=O)N2C[C@H](O)C[C@H]2C(=O)C[C@@H](Cc2c[nH]c3ccccc23)C(=O)N[C@@H](CCN)C(=O)N[C@@H](Cc2cn(CC(=O)O)c3ccccc23)C(=O)N1C. The molecule has 16 N–H and O–H groups in total. The Bertz CT molecular complexity index is 4820. The molecule has 710 valence electrons. The largest absolute Gasteiger partial charge is 0.497 e. The summed E-state index contributed by atoms with van der Waals surface area (Å²) in [5.41, 5.74) is 15.3. The second kappa shape index (κ2) is 48.7. The summed E-state index contributed by atoms with van der Waals surface area (Å²) < 4.78 is 6.86. The number of carboxylic acids is 2. The Morgan fingerprint density at radius 2 is 1.09 bits per heavy atom. The number of likely N-dealkylation sites (N-methyl/N-ethyl adjacent to an activating group) is 2. The van der Waals surface area contributed by atoms with E-state index in [-0.39, 0.29) is 134 Å². The van der Waals surface area contributed by atoms with Crippen molar-refractivity contribution in [3.8, 4) is 5.75 Å². The maximum atomic E-state index is 15.9. The van der Waals surface area contributed by atoms with Gasteiger partial charge in [0.1, 0.15) is 78.8 Å². The van der Waals surface area contributed by atoms with Crippen molar-refractivity contribution < 1.29 is 96.8 Å². The number of hydrogen-bond donors (Lipinski definition) is 14. The number of aromatic nitrogens is 2. The Hall–Kier alpha value is -11.9. The lowest BCUT2D eigenvalue weighted by molar-refractivity contribution is -0.149. The van der Waals surface area contributed by atoms with Crippen molar-refractivity contribution in [2.45, 2.75) is 274 Å². The third kappa shape index (κ3) is 27.4. The number of methoxy groups -OCH3 is 1. The van der Waals surface area contributed by atoms with Gasteiger partial charge in [0.15, 0.2) is 5.78 Å². The number of H-pyrrole nitrogens is 1. The van der Waals surface area contributed by atoms with Crippen LogP contribution in [0.5, 0.6) is 5.75 Å². The molecule has 4 saturated heterocycles. The van der Waals surface area contributed by atoms with E-state index in [1.165, 1.54) is 40.5 Å². The highest BCUT2D eigenvalue weighted by Crippen LogP contribution is 2.31. The van der Waals surface area contributed by atoms with Crippen molar-refractivity contribution in [3.05, 3.63) is 102 Å². The molecule has 2 aromatic heterocycles. The zero-order valence-electron chi connectivity index (χ0n) is 76.2. The van der Waals surface area contributed by atoms with Crippen molar-refractivity contribution >= 4 is 116 Å². The number of aromatic amines is 1. The van der Waals surface area contributed by atoms with Crippen LogP contribution in [0, 0.1) is 17.8 Å². The number of hydrogen-bond acceptors (Lipinski definition) is 20. The van der Waals surface area contributed by atoms with Gasteiger partial charge in [0, 0.05) is 119 Å². The smallest absolute Gasteiger partial charge is 0.323 e. The molecule has 130 heavy (non-hydrogen) atoms. The van der Waals surface area contributed by atoms with E-state index in [1.54, 1.807) is 93.0 Å². The number of carbonyl (C=O) groups is 16. The van der Waals surface area contributed by atoms with Crippen LogP contribution >= 0.6 is 0 Å². The first kappa shape index (κ1) is 102. The van der Waals surface area contributed by atoms with E-state index < -0.39 is 212 Å². The standard InChI is InChI=1S/C93H133N17O20/c1-10-12-26-73-86(122)100-66(41-54(3)4)83(119)96-38-20-18-31-79(113)98-68(43-56-32-34-61(130-9)35-33-56)90(126)108-39-21-19-29-74(108)87(123)103-70(48-80(114)115)91(127)109-40-22-30-75(109)88(124)104-71(49-95)85(121)101-67(42-55(5)6)92(128)110-52-60(111)47-77(110)78(112)46-57(44-58-50-97-64-25-16-14-23-62(58)64)82(118)99-65(36-37-94)84(120)102-69(89(125)106(8)76(27-13-11-2)93(129)105(73)7)45-59-51-107(53-81(116)117)72-28-17-15-24-63(59)72/h14-17,23-25,28,32-35,50-51,54-55,57,60,65-71,73-77,97,111H,10-13,18-22,26-27,29-31,36-49,52-53,94-95H2,1-9H3,(H,96,119)(H,98,113)(H,99,118)(H,100,122)(H,101,121)(H,102,120)(H,103,123)(H,104,124)(H,114,115)(H,116,117)/t57-,60-,65+,66+,67+,68+,69+,70+,71+,73+,74+,75+,76+,77+/m1/s1. The molecule has 0 bridgehead atoms. The third-order valence-corrected chi connectivity index (χ3v) is 24.9. The molecule has 4 aliphatic heterocycles. The monoisotopic (exact) mass is 1810 g/mol. The number of fused-ring (bicyclic) bond motifs is 5. The summed E-state index contributed by atoms with van der Waals surface area (Å²) in [7, 11) is 4.33. The van der Waals surface area contributed by atoms with Crippen molar-refractivity contribution in [2.24, 2.45) is 29.2 Å². The molecular weight excluding hydrogens is 1680 g/mol.